The molecular formula is C5H11N2O2. The van der Waals surface area contributed by atoms with Crippen LogP contribution in [0.4, 0.5) is 0 Å². The van der Waals surface area contributed by atoms with Crippen LogP contribution in [0.15, 0.2) is 0 Å². The number of hydrogen-bond acceptors (Lipinski definition) is 3. The molecule has 0 fully saturated rings. The Hall–Kier alpha value is -0.610. The van der Waals surface area contributed by atoms with Crippen molar-refractivity contribution < 1.29 is 9.53 Å². The van der Waals surface area contributed by atoms with E-state index in [0.717, 1.165) is 0 Å². The monoisotopic (exact) mass is 131 g/mol. The summed E-state index contributed by atoms with van der Waals surface area (Å²) in [7, 11) is 1.45. The summed E-state index contributed by atoms with van der Waals surface area (Å²) in [4.78, 5) is 10.5. The first-order valence-corrected chi connectivity index (χ1v) is 2.70. The third-order valence-electron chi connectivity index (χ3n) is 0.685. The zero-order valence-electron chi connectivity index (χ0n) is 5.46. The van der Waals surface area contributed by atoms with Crippen LogP contribution in [0.3, 0.4) is 0 Å². The van der Waals surface area contributed by atoms with E-state index >= 15 is 0 Å². The molecule has 4 heteroatoms. The molecule has 0 spiro atoms. The standard InChI is InChI=1S/C5H11N2O2/c1-9-4-5(8)7-3-2-6/h2-4,6H2,1H3. The van der Waals surface area contributed by atoms with Gasteiger partial charge in [0, 0.05) is 13.7 Å². The first kappa shape index (κ1) is 8.39. The van der Waals surface area contributed by atoms with Crippen LogP contribution in [0.1, 0.15) is 0 Å². The topological polar surface area (TPSA) is 66.4 Å². The van der Waals surface area contributed by atoms with E-state index < -0.39 is 0 Å². The van der Waals surface area contributed by atoms with Gasteiger partial charge in [0.05, 0.1) is 6.54 Å². The second-order valence-corrected chi connectivity index (χ2v) is 1.50. The van der Waals surface area contributed by atoms with E-state index in [0.29, 0.717) is 13.1 Å². The highest BCUT2D eigenvalue weighted by Crippen LogP contribution is 1.68. The fourth-order valence-electron chi connectivity index (χ4n) is 0.358. The smallest absolute Gasteiger partial charge is 0.267 e. The van der Waals surface area contributed by atoms with E-state index in [1.165, 1.54) is 7.11 Å². The summed E-state index contributed by atoms with van der Waals surface area (Å²) in [5, 5.41) is 3.54. The van der Waals surface area contributed by atoms with Gasteiger partial charge in [-0.05, 0) is 0 Å². The van der Waals surface area contributed by atoms with Gasteiger partial charge in [0.25, 0.3) is 5.91 Å². The van der Waals surface area contributed by atoms with Gasteiger partial charge < -0.3 is 10.5 Å². The van der Waals surface area contributed by atoms with Crippen molar-refractivity contribution in [1.82, 2.24) is 5.32 Å². The van der Waals surface area contributed by atoms with Gasteiger partial charge in [-0.3, -0.25) is 4.79 Å². The Kier molecular flexibility index (Phi) is 5.15. The van der Waals surface area contributed by atoms with Crippen molar-refractivity contribution >= 4 is 5.91 Å². The highest BCUT2D eigenvalue weighted by Gasteiger charge is 1.97. The first-order valence-electron chi connectivity index (χ1n) is 2.70. The van der Waals surface area contributed by atoms with E-state index in [1.807, 2.05) is 0 Å². The predicted molar refractivity (Wildman–Crippen MR) is 32.9 cm³/mol. The fourth-order valence-corrected chi connectivity index (χ4v) is 0.358. The Morgan fingerprint density at radius 2 is 2.44 bits per heavy atom. The summed E-state index contributed by atoms with van der Waals surface area (Å²) >= 11 is 0. The van der Waals surface area contributed by atoms with Crippen molar-refractivity contribution in [3.8, 4) is 0 Å². The van der Waals surface area contributed by atoms with Gasteiger partial charge >= 0.3 is 0 Å². The lowest BCUT2D eigenvalue weighted by Crippen LogP contribution is -2.25. The molecule has 9 heavy (non-hydrogen) atoms. The maximum atomic E-state index is 10.5. The summed E-state index contributed by atoms with van der Waals surface area (Å²) in [6.07, 6.45) is 0. The molecule has 0 saturated heterocycles. The second kappa shape index (κ2) is 5.53. The minimum absolute atomic E-state index is 0.0556. The van der Waals surface area contributed by atoms with Crippen LogP contribution in [-0.2, 0) is 9.53 Å². The van der Waals surface area contributed by atoms with Gasteiger partial charge in [-0.1, -0.05) is 0 Å². The maximum Gasteiger partial charge on any atom is 0.267 e. The van der Waals surface area contributed by atoms with Gasteiger partial charge in [0.2, 0.25) is 0 Å². The minimum atomic E-state index is -0.247. The minimum Gasteiger partial charge on any atom is -0.375 e. The number of hydrogen-bond donors (Lipinski definition) is 1. The number of ether oxygens (including phenoxy) is 1. The quantitative estimate of drug-likeness (QED) is 0.517. The Morgan fingerprint density at radius 1 is 1.78 bits per heavy atom. The highest BCUT2D eigenvalue weighted by atomic mass is 16.5. The van der Waals surface area contributed by atoms with Crippen LogP contribution in [0.25, 0.3) is 0 Å². The van der Waals surface area contributed by atoms with E-state index in [4.69, 9.17) is 5.73 Å². The lowest BCUT2D eigenvalue weighted by atomic mass is 10.6. The molecule has 0 bridgehead atoms. The molecule has 1 amide bonds. The predicted octanol–water partition coefficient (Wildman–Crippen LogP) is -1.28. The molecule has 1 radical (unpaired) electrons. The summed E-state index contributed by atoms with van der Waals surface area (Å²) in [5.74, 6) is -0.247. The summed E-state index contributed by atoms with van der Waals surface area (Å²) in [5.41, 5.74) is 5.09. The van der Waals surface area contributed by atoms with E-state index in [1.54, 1.807) is 0 Å². The first-order chi connectivity index (χ1) is 4.31. The van der Waals surface area contributed by atoms with Crippen LogP contribution in [-0.4, -0.2) is 32.7 Å². The number of nitrogens with two attached hydrogens (primary N) is 1. The average molecular weight is 131 g/mol. The normalized spacial score (nSPS) is 9.11. The average Bonchev–Trinajstić information content (AvgIpc) is 1.85. The van der Waals surface area contributed by atoms with Crippen LogP contribution in [0, 0.1) is 0 Å². The summed E-state index contributed by atoms with van der Waals surface area (Å²) in [6.45, 7) is 0.859. The number of rotatable bonds is 4. The molecule has 0 aliphatic heterocycles. The molecule has 2 N–H and O–H groups in total. The fraction of sp³-hybridized carbons (Fsp3) is 0.800. The summed E-state index contributed by atoms with van der Waals surface area (Å²) in [6, 6.07) is 0. The molecule has 4 nitrogen and oxygen atoms in total. The number of carbonyl (C=O) groups is 1. The molecule has 0 saturated carbocycles. The SMILES string of the molecule is COCC(=O)[N]CCN. The third-order valence-corrected chi connectivity index (χ3v) is 0.685. The lowest BCUT2D eigenvalue weighted by Gasteiger charge is -1.96. The molecule has 0 aliphatic carbocycles. The second-order valence-electron chi connectivity index (χ2n) is 1.50. The van der Waals surface area contributed by atoms with Gasteiger partial charge in [0.15, 0.2) is 0 Å². The van der Waals surface area contributed by atoms with Crippen LogP contribution < -0.4 is 11.1 Å². The third kappa shape index (κ3) is 5.26. The van der Waals surface area contributed by atoms with Crippen LogP contribution in [0.5, 0.6) is 0 Å². The lowest BCUT2D eigenvalue weighted by molar-refractivity contribution is -0.124. The molecule has 0 aromatic carbocycles. The Bertz CT molecular complexity index is 85.0. The maximum absolute atomic E-state index is 10.5. The Labute approximate surface area is 54.4 Å². The van der Waals surface area contributed by atoms with Crippen molar-refractivity contribution in [2.24, 2.45) is 5.73 Å². The van der Waals surface area contributed by atoms with Crippen molar-refractivity contribution in [1.29, 1.82) is 0 Å². The zero-order chi connectivity index (χ0) is 7.11. The molecule has 0 atom stereocenters. The molecule has 53 valence electrons. The van der Waals surface area contributed by atoms with Crippen LogP contribution in [0.2, 0.25) is 0 Å². The molecule has 0 aromatic rings. The molecule has 0 heterocycles. The van der Waals surface area contributed by atoms with Gasteiger partial charge in [-0.25, -0.2) is 5.32 Å². The zero-order valence-corrected chi connectivity index (χ0v) is 5.46. The van der Waals surface area contributed by atoms with E-state index in [-0.39, 0.29) is 12.5 Å². The van der Waals surface area contributed by atoms with E-state index in [9.17, 15) is 4.79 Å². The number of methoxy groups -OCH3 is 1. The Morgan fingerprint density at radius 3 is 2.89 bits per heavy atom. The van der Waals surface area contributed by atoms with Gasteiger partial charge in [0.1, 0.15) is 6.61 Å². The molecular weight excluding hydrogens is 120 g/mol. The number of amides is 1. The molecule has 0 aromatic heterocycles. The van der Waals surface area contributed by atoms with Crippen LogP contribution >= 0.6 is 0 Å². The van der Waals surface area contributed by atoms with E-state index in [2.05, 4.69) is 10.1 Å². The largest absolute Gasteiger partial charge is 0.375 e. The van der Waals surface area contributed by atoms with Crippen molar-refractivity contribution in [3.63, 3.8) is 0 Å². The molecule has 0 rings (SSSR count). The molecule has 0 aliphatic rings. The highest BCUT2D eigenvalue weighted by molar-refractivity contribution is 5.76. The Balaban J connectivity index is 3.06. The summed E-state index contributed by atoms with van der Waals surface area (Å²) < 4.78 is 4.52. The van der Waals surface area contributed by atoms with Gasteiger partial charge in [-0.15, -0.1) is 0 Å². The van der Waals surface area contributed by atoms with Crippen molar-refractivity contribution in [2.75, 3.05) is 26.8 Å². The molecule has 0 unspecified atom stereocenters. The number of nitrogens with zero attached hydrogens (tertiary/aromatic N) is 1. The van der Waals surface area contributed by atoms with Crippen molar-refractivity contribution in [3.05, 3.63) is 0 Å². The van der Waals surface area contributed by atoms with Gasteiger partial charge in [-0.2, -0.15) is 0 Å². The van der Waals surface area contributed by atoms with Crippen molar-refractivity contribution in [2.45, 2.75) is 0 Å². The number of carbonyl (C=O) groups excluding carboxylic acids is 1.